The van der Waals surface area contributed by atoms with Gasteiger partial charge in [-0.15, -0.1) is 10.2 Å². The molecule has 6 rings (SSSR count). The van der Waals surface area contributed by atoms with Crippen LogP contribution in [0.4, 0.5) is 5.69 Å². The number of nitrogens with zero attached hydrogens (tertiary/aromatic N) is 3. The molecule has 0 bridgehead atoms. The fourth-order valence-electron chi connectivity index (χ4n) is 5.11. The molecule has 0 fully saturated rings. The summed E-state index contributed by atoms with van der Waals surface area (Å²) in [4.78, 5) is 2.23. The molecule has 1 aromatic heterocycles. The molecule has 4 aromatic rings. The third-order valence-corrected chi connectivity index (χ3v) is 7.08. The van der Waals surface area contributed by atoms with Gasteiger partial charge in [0.25, 0.3) is 5.89 Å². The van der Waals surface area contributed by atoms with Gasteiger partial charge in [-0.05, 0) is 62.8 Å². The minimum Gasteiger partial charge on any atom is -0.462 e. The highest BCUT2D eigenvalue weighted by Crippen LogP contribution is 2.55. The van der Waals surface area contributed by atoms with Crippen LogP contribution in [-0.2, 0) is 5.41 Å². The maximum atomic E-state index is 6.92. The van der Waals surface area contributed by atoms with Crippen LogP contribution in [0.3, 0.4) is 0 Å². The van der Waals surface area contributed by atoms with Gasteiger partial charge in [0.2, 0.25) is 11.6 Å². The number of aryl methyl sites for hydroxylation is 1. The highest BCUT2D eigenvalue weighted by atomic mass is 16.5. The molecule has 0 radical (unpaired) electrons. The van der Waals surface area contributed by atoms with Crippen molar-refractivity contribution in [2.45, 2.75) is 31.9 Å². The van der Waals surface area contributed by atoms with E-state index in [0.29, 0.717) is 11.8 Å². The average molecular weight is 436 g/mol. The summed E-state index contributed by atoms with van der Waals surface area (Å²) in [5, 5.41) is 8.67. The van der Waals surface area contributed by atoms with Crippen molar-refractivity contribution < 1.29 is 9.15 Å². The fourth-order valence-corrected chi connectivity index (χ4v) is 5.11. The first-order chi connectivity index (χ1) is 15.9. The quantitative estimate of drug-likeness (QED) is 0.373. The van der Waals surface area contributed by atoms with E-state index in [9.17, 15) is 0 Å². The van der Waals surface area contributed by atoms with E-state index < -0.39 is 5.72 Å². The van der Waals surface area contributed by atoms with Crippen LogP contribution in [-0.4, -0.2) is 23.0 Å². The van der Waals surface area contributed by atoms with E-state index in [0.717, 1.165) is 22.4 Å². The van der Waals surface area contributed by atoms with Gasteiger partial charge >= 0.3 is 0 Å². The number of hydrogen-bond acceptors (Lipinski definition) is 5. The van der Waals surface area contributed by atoms with Crippen molar-refractivity contribution in [3.8, 4) is 28.7 Å². The first kappa shape index (κ1) is 19.8. The lowest BCUT2D eigenvalue weighted by molar-refractivity contribution is 0.0586. The number of aromatic nitrogens is 2. The number of likely N-dealkylation sites (N-methyl/N-ethyl adjacent to an activating group) is 1. The molecule has 0 saturated carbocycles. The van der Waals surface area contributed by atoms with Gasteiger partial charge < -0.3 is 14.1 Å². The summed E-state index contributed by atoms with van der Waals surface area (Å²) < 4.78 is 13.0. The van der Waals surface area contributed by atoms with Crippen molar-refractivity contribution in [1.29, 1.82) is 0 Å². The molecular formula is C28H25N3O2. The van der Waals surface area contributed by atoms with Crippen molar-refractivity contribution in [3.05, 3.63) is 89.5 Å². The molecule has 2 aliphatic heterocycles. The Morgan fingerprint density at radius 2 is 1.61 bits per heavy atom. The Morgan fingerprint density at radius 3 is 2.39 bits per heavy atom. The highest BCUT2D eigenvalue weighted by molar-refractivity contribution is 5.77. The third-order valence-electron chi connectivity index (χ3n) is 7.08. The predicted octanol–water partition coefficient (Wildman–Crippen LogP) is 6.24. The van der Waals surface area contributed by atoms with Gasteiger partial charge in [0.15, 0.2) is 0 Å². The summed E-state index contributed by atoms with van der Waals surface area (Å²) in [6.45, 7) is 6.52. The van der Waals surface area contributed by atoms with Crippen molar-refractivity contribution in [2.75, 3.05) is 11.9 Å². The second kappa shape index (κ2) is 6.82. The fraction of sp³-hybridized carbons (Fsp3) is 0.214. The summed E-state index contributed by atoms with van der Waals surface area (Å²) in [7, 11) is 2.09. The Morgan fingerprint density at radius 1 is 0.848 bits per heavy atom. The van der Waals surface area contributed by atoms with Gasteiger partial charge in [0.1, 0.15) is 5.75 Å². The Labute approximate surface area is 193 Å². The van der Waals surface area contributed by atoms with Gasteiger partial charge in [-0.1, -0.05) is 48.0 Å². The number of para-hydroxylation sites is 2. The summed E-state index contributed by atoms with van der Waals surface area (Å²) in [6.07, 6.45) is 4.31. The Balaban J connectivity index is 1.44. The standard InChI is InChI=1S/C28H25N3O2/c1-18-12-14-20(15-13-18)25-29-30-26(32-25)21-9-7-8-19-16-17-28(33-24(19)21)27(2,3)22-10-5-6-11-23(22)31(28)4/h5-17H,1-4H3. The minimum absolute atomic E-state index is 0.276. The van der Waals surface area contributed by atoms with E-state index in [2.05, 4.69) is 85.4 Å². The van der Waals surface area contributed by atoms with E-state index >= 15 is 0 Å². The van der Waals surface area contributed by atoms with Crippen LogP contribution in [0, 0.1) is 6.92 Å². The second-order valence-corrected chi connectivity index (χ2v) is 9.34. The van der Waals surface area contributed by atoms with Crippen molar-refractivity contribution >= 4 is 11.8 Å². The number of ether oxygens (including phenoxy) is 1. The zero-order valence-electron chi connectivity index (χ0n) is 19.2. The van der Waals surface area contributed by atoms with Gasteiger partial charge in [0.05, 0.1) is 11.0 Å². The van der Waals surface area contributed by atoms with E-state index in [1.807, 2.05) is 36.4 Å². The second-order valence-electron chi connectivity index (χ2n) is 9.34. The normalized spacial score (nSPS) is 19.9. The minimum atomic E-state index is -0.667. The molecule has 1 unspecified atom stereocenters. The third kappa shape index (κ3) is 2.72. The lowest BCUT2D eigenvalue weighted by Gasteiger charge is -2.46. The maximum absolute atomic E-state index is 6.92. The number of fused-ring (bicyclic) bond motifs is 2. The molecule has 33 heavy (non-hydrogen) atoms. The van der Waals surface area contributed by atoms with Gasteiger partial charge in [-0.2, -0.15) is 0 Å². The number of hydrogen-bond donors (Lipinski definition) is 0. The molecule has 0 N–H and O–H groups in total. The molecule has 2 aliphatic rings. The van der Waals surface area contributed by atoms with Crippen LogP contribution in [0.25, 0.3) is 29.0 Å². The Bertz CT molecular complexity index is 1400. The SMILES string of the molecule is Cc1ccc(-c2nnc(-c3cccc4c3OC3(C=C4)N(C)c4ccccc4C3(C)C)o2)cc1. The number of benzene rings is 3. The molecule has 1 spiro atoms. The van der Waals surface area contributed by atoms with Crippen LogP contribution in [0.1, 0.15) is 30.5 Å². The first-order valence-corrected chi connectivity index (χ1v) is 11.2. The molecular weight excluding hydrogens is 410 g/mol. The molecule has 5 heteroatoms. The van der Waals surface area contributed by atoms with Crippen molar-refractivity contribution in [3.63, 3.8) is 0 Å². The summed E-state index contributed by atoms with van der Waals surface area (Å²) in [5.74, 6) is 1.70. The Hall–Kier alpha value is -3.86. The van der Waals surface area contributed by atoms with Crippen LogP contribution in [0.2, 0.25) is 0 Å². The summed E-state index contributed by atoms with van der Waals surface area (Å²) in [6, 6.07) is 22.6. The molecule has 3 heterocycles. The monoisotopic (exact) mass is 435 g/mol. The molecule has 0 saturated heterocycles. The largest absolute Gasteiger partial charge is 0.462 e. The van der Waals surface area contributed by atoms with E-state index in [4.69, 9.17) is 9.15 Å². The molecule has 3 aromatic carbocycles. The number of rotatable bonds is 2. The molecule has 0 aliphatic carbocycles. The van der Waals surface area contributed by atoms with Gasteiger partial charge in [0, 0.05) is 23.9 Å². The van der Waals surface area contributed by atoms with Crippen LogP contribution in [0.15, 0.2) is 77.2 Å². The smallest absolute Gasteiger partial charge is 0.251 e. The topological polar surface area (TPSA) is 51.4 Å². The maximum Gasteiger partial charge on any atom is 0.251 e. The lowest BCUT2D eigenvalue weighted by Crippen LogP contribution is -2.58. The van der Waals surface area contributed by atoms with Gasteiger partial charge in [-0.25, -0.2) is 0 Å². The molecule has 0 amide bonds. The van der Waals surface area contributed by atoms with Crippen LogP contribution >= 0.6 is 0 Å². The average Bonchev–Trinajstić information content (AvgIpc) is 3.38. The predicted molar refractivity (Wildman–Crippen MR) is 130 cm³/mol. The number of anilines is 1. The molecule has 1 atom stereocenters. The Kier molecular flexibility index (Phi) is 4.09. The lowest BCUT2D eigenvalue weighted by atomic mass is 9.76. The van der Waals surface area contributed by atoms with E-state index in [1.54, 1.807) is 0 Å². The molecule has 164 valence electrons. The van der Waals surface area contributed by atoms with Crippen molar-refractivity contribution in [1.82, 2.24) is 10.2 Å². The first-order valence-electron chi connectivity index (χ1n) is 11.2. The van der Waals surface area contributed by atoms with E-state index in [1.165, 1.54) is 16.8 Å². The van der Waals surface area contributed by atoms with Crippen molar-refractivity contribution in [2.24, 2.45) is 0 Å². The summed E-state index contributed by atoms with van der Waals surface area (Å²) >= 11 is 0. The zero-order valence-corrected chi connectivity index (χ0v) is 19.2. The van der Waals surface area contributed by atoms with Crippen LogP contribution in [0.5, 0.6) is 5.75 Å². The molecule has 5 nitrogen and oxygen atoms in total. The van der Waals surface area contributed by atoms with Crippen LogP contribution < -0.4 is 9.64 Å². The zero-order chi connectivity index (χ0) is 22.8. The highest BCUT2D eigenvalue weighted by Gasteiger charge is 2.57. The summed E-state index contributed by atoms with van der Waals surface area (Å²) in [5.41, 5.74) is 5.36. The van der Waals surface area contributed by atoms with Gasteiger partial charge in [-0.3, -0.25) is 0 Å². The van der Waals surface area contributed by atoms with E-state index in [-0.39, 0.29) is 5.41 Å².